The minimum absolute atomic E-state index is 0.0114. The number of para-hydroxylation sites is 1. The molecule has 0 spiro atoms. The molecule has 1 aliphatic heterocycles. The second-order valence-electron chi connectivity index (χ2n) is 5.96. The molecule has 1 saturated carbocycles. The van der Waals surface area contributed by atoms with Crippen LogP contribution >= 0.6 is 0 Å². The Kier molecular flexibility index (Phi) is 4.05. The van der Waals surface area contributed by atoms with Gasteiger partial charge in [0.05, 0.1) is 19.1 Å². The molecule has 22 heavy (non-hydrogen) atoms. The van der Waals surface area contributed by atoms with Gasteiger partial charge < -0.3 is 15.0 Å². The smallest absolute Gasteiger partial charge is 0.226 e. The maximum atomic E-state index is 12.6. The van der Waals surface area contributed by atoms with E-state index in [2.05, 4.69) is 5.32 Å². The normalized spacial score (nSPS) is 24.5. The summed E-state index contributed by atoms with van der Waals surface area (Å²) in [6.45, 7) is 2.54. The number of nitrogens with one attached hydrogen (secondary N) is 1. The van der Waals surface area contributed by atoms with E-state index in [-0.39, 0.29) is 30.2 Å². The molecule has 1 aromatic rings. The fourth-order valence-electron chi connectivity index (χ4n) is 3.23. The van der Waals surface area contributed by atoms with Gasteiger partial charge in [0.25, 0.3) is 0 Å². The van der Waals surface area contributed by atoms with E-state index in [1.807, 2.05) is 31.2 Å². The van der Waals surface area contributed by atoms with Crippen LogP contribution < -0.4 is 10.1 Å². The van der Waals surface area contributed by atoms with Gasteiger partial charge in [-0.3, -0.25) is 9.59 Å². The van der Waals surface area contributed by atoms with E-state index in [4.69, 9.17) is 4.74 Å². The van der Waals surface area contributed by atoms with E-state index < -0.39 is 0 Å². The summed E-state index contributed by atoms with van der Waals surface area (Å²) in [5, 5.41) is 3.04. The van der Waals surface area contributed by atoms with Crippen LogP contribution in [0.4, 0.5) is 0 Å². The van der Waals surface area contributed by atoms with E-state index in [1.165, 1.54) is 0 Å². The van der Waals surface area contributed by atoms with Gasteiger partial charge in [0, 0.05) is 24.6 Å². The van der Waals surface area contributed by atoms with Crippen LogP contribution in [0.15, 0.2) is 24.3 Å². The van der Waals surface area contributed by atoms with Crippen LogP contribution in [0, 0.1) is 5.92 Å². The van der Waals surface area contributed by atoms with Crippen LogP contribution in [0.25, 0.3) is 0 Å². The van der Waals surface area contributed by atoms with Crippen molar-refractivity contribution < 1.29 is 14.3 Å². The van der Waals surface area contributed by atoms with Gasteiger partial charge in [0.2, 0.25) is 11.8 Å². The molecule has 0 aromatic heterocycles. The molecule has 2 fully saturated rings. The molecule has 1 saturated heterocycles. The number of nitrogens with zero attached hydrogens (tertiary/aromatic N) is 1. The fourth-order valence-corrected chi connectivity index (χ4v) is 3.23. The summed E-state index contributed by atoms with van der Waals surface area (Å²) in [5.74, 6) is 0.409. The lowest BCUT2D eigenvalue weighted by molar-refractivity contribution is -0.129. The van der Waals surface area contributed by atoms with Crippen LogP contribution in [0.3, 0.4) is 0 Å². The van der Waals surface area contributed by atoms with Gasteiger partial charge in [-0.2, -0.15) is 0 Å². The van der Waals surface area contributed by atoms with Crippen LogP contribution in [-0.2, 0) is 9.59 Å². The molecule has 1 aromatic carbocycles. The number of likely N-dealkylation sites (tertiary alicyclic amines) is 1. The first-order valence-electron chi connectivity index (χ1n) is 7.88. The molecule has 3 rings (SSSR count). The molecule has 1 N–H and O–H groups in total. The second-order valence-corrected chi connectivity index (χ2v) is 5.96. The highest BCUT2D eigenvalue weighted by Gasteiger charge is 2.45. The maximum absolute atomic E-state index is 12.6. The molecule has 2 amide bonds. The third kappa shape index (κ3) is 2.67. The molecule has 5 nitrogen and oxygen atoms in total. The molecule has 0 unspecified atom stereocenters. The summed E-state index contributed by atoms with van der Waals surface area (Å²) >= 11 is 0. The average Bonchev–Trinajstić information content (AvgIpc) is 3.27. The Bertz CT molecular complexity index is 583. The molecule has 2 atom stereocenters. The highest BCUT2D eigenvalue weighted by molar-refractivity contribution is 5.90. The van der Waals surface area contributed by atoms with Gasteiger partial charge in [-0.1, -0.05) is 18.2 Å². The minimum Gasteiger partial charge on any atom is -0.496 e. The summed E-state index contributed by atoms with van der Waals surface area (Å²) < 4.78 is 5.44. The number of benzene rings is 1. The predicted molar refractivity (Wildman–Crippen MR) is 82.4 cm³/mol. The first-order chi connectivity index (χ1) is 10.7. The number of ether oxygens (including phenoxy) is 1. The Morgan fingerprint density at radius 2 is 2.09 bits per heavy atom. The summed E-state index contributed by atoms with van der Waals surface area (Å²) in [6.07, 6.45) is 2.36. The van der Waals surface area contributed by atoms with Crippen LogP contribution in [0.5, 0.6) is 5.75 Å². The Morgan fingerprint density at radius 3 is 2.73 bits per heavy atom. The Balaban J connectivity index is 1.94. The molecule has 118 valence electrons. The number of amides is 2. The van der Waals surface area contributed by atoms with Crippen molar-refractivity contribution in [3.05, 3.63) is 29.8 Å². The zero-order valence-corrected chi connectivity index (χ0v) is 13.0. The van der Waals surface area contributed by atoms with Crippen molar-refractivity contribution in [1.29, 1.82) is 0 Å². The largest absolute Gasteiger partial charge is 0.496 e. The van der Waals surface area contributed by atoms with Crippen molar-refractivity contribution in [3.8, 4) is 5.75 Å². The maximum Gasteiger partial charge on any atom is 0.226 e. The average molecular weight is 302 g/mol. The molecule has 0 bridgehead atoms. The van der Waals surface area contributed by atoms with E-state index >= 15 is 0 Å². The zero-order valence-electron chi connectivity index (χ0n) is 13.0. The van der Waals surface area contributed by atoms with Gasteiger partial charge >= 0.3 is 0 Å². The van der Waals surface area contributed by atoms with E-state index in [0.717, 1.165) is 24.2 Å². The number of carbonyl (C=O) groups excluding carboxylic acids is 2. The van der Waals surface area contributed by atoms with E-state index in [1.54, 1.807) is 12.0 Å². The number of hydrogen-bond acceptors (Lipinski definition) is 3. The number of hydrogen-bond donors (Lipinski definition) is 1. The second kappa shape index (κ2) is 5.99. The van der Waals surface area contributed by atoms with E-state index in [9.17, 15) is 9.59 Å². The quantitative estimate of drug-likeness (QED) is 0.903. The summed E-state index contributed by atoms with van der Waals surface area (Å²) in [5.41, 5.74) is 0.911. The Hall–Kier alpha value is -2.04. The highest BCUT2D eigenvalue weighted by Crippen LogP contribution is 2.42. The summed E-state index contributed by atoms with van der Waals surface area (Å²) in [6, 6.07) is 7.70. The molecule has 0 radical (unpaired) electrons. The monoisotopic (exact) mass is 302 g/mol. The SMILES string of the molecule is CCN1C(=O)C[C@@H](C(=O)NC2CC2)[C@@H]1c1ccccc1OC. The van der Waals surface area contributed by atoms with Gasteiger partial charge in [-0.05, 0) is 25.8 Å². The topological polar surface area (TPSA) is 58.6 Å². The van der Waals surface area contributed by atoms with E-state index in [0.29, 0.717) is 12.6 Å². The van der Waals surface area contributed by atoms with Crippen LogP contribution in [0.1, 0.15) is 37.8 Å². The van der Waals surface area contributed by atoms with Crippen molar-refractivity contribution >= 4 is 11.8 Å². The standard InChI is InChI=1S/C17H22N2O3/c1-3-19-15(20)10-13(17(21)18-11-8-9-11)16(19)12-6-4-5-7-14(12)22-2/h4-7,11,13,16H,3,8-10H2,1-2H3,(H,18,21)/t13-,16+/m1/s1. The first kappa shape index (κ1) is 14.9. The van der Waals surface area contributed by atoms with Crippen molar-refractivity contribution in [2.75, 3.05) is 13.7 Å². The summed E-state index contributed by atoms with van der Waals surface area (Å²) in [7, 11) is 1.62. The van der Waals surface area contributed by atoms with Crippen molar-refractivity contribution in [2.24, 2.45) is 5.92 Å². The lowest BCUT2D eigenvalue weighted by Gasteiger charge is -2.28. The van der Waals surface area contributed by atoms with Gasteiger partial charge in [-0.25, -0.2) is 0 Å². The third-order valence-electron chi connectivity index (χ3n) is 4.49. The predicted octanol–water partition coefficient (Wildman–Crippen LogP) is 1.88. The lowest BCUT2D eigenvalue weighted by Crippen LogP contribution is -2.36. The Morgan fingerprint density at radius 1 is 1.36 bits per heavy atom. The van der Waals surface area contributed by atoms with Crippen LogP contribution in [0.2, 0.25) is 0 Å². The molecular weight excluding hydrogens is 280 g/mol. The van der Waals surface area contributed by atoms with Gasteiger partial charge in [-0.15, -0.1) is 0 Å². The lowest BCUT2D eigenvalue weighted by atomic mass is 9.92. The summed E-state index contributed by atoms with van der Waals surface area (Å²) in [4.78, 5) is 26.7. The molecule has 1 heterocycles. The van der Waals surface area contributed by atoms with Crippen LogP contribution in [-0.4, -0.2) is 36.4 Å². The van der Waals surface area contributed by atoms with Crippen molar-refractivity contribution in [3.63, 3.8) is 0 Å². The van der Waals surface area contributed by atoms with Crippen molar-refractivity contribution in [2.45, 2.75) is 38.3 Å². The highest BCUT2D eigenvalue weighted by atomic mass is 16.5. The molecule has 2 aliphatic rings. The zero-order chi connectivity index (χ0) is 15.7. The molecule has 1 aliphatic carbocycles. The van der Waals surface area contributed by atoms with Crippen molar-refractivity contribution in [1.82, 2.24) is 10.2 Å². The van der Waals surface area contributed by atoms with Gasteiger partial charge in [0.15, 0.2) is 0 Å². The first-order valence-corrected chi connectivity index (χ1v) is 7.88. The third-order valence-corrected chi connectivity index (χ3v) is 4.49. The number of rotatable bonds is 5. The Labute approximate surface area is 130 Å². The number of methoxy groups -OCH3 is 1. The number of carbonyl (C=O) groups is 2. The fraction of sp³-hybridized carbons (Fsp3) is 0.529. The molecule has 5 heteroatoms. The minimum atomic E-state index is -0.343. The molecular formula is C17H22N2O3. The van der Waals surface area contributed by atoms with Gasteiger partial charge in [0.1, 0.15) is 5.75 Å².